The molecule has 0 aliphatic heterocycles. The summed E-state index contributed by atoms with van der Waals surface area (Å²) in [5, 5.41) is 3.51. The Bertz CT molecular complexity index is 461. The van der Waals surface area contributed by atoms with Gasteiger partial charge in [-0.2, -0.15) is 0 Å². The summed E-state index contributed by atoms with van der Waals surface area (Å²) in [4.78, 5) is 13.9. The lowest BCUT2D eigenvalue weighted by Crippen LogP contribution is -2.33. The predicted octanol–water partition coefficient (Wildman–Crippen LogP) is 3.26. The van der Waals surface area contributed by atoms with Gasteiger partial charge in [0.2, 0.25) is 5.91 Å². The third kappa shape index (κ3) is 4.89. The molecular weight excluding hydrogens is 260 g/mol. The van der Waals surface area contributed by atoms with Gasteiger partial charge in [-0.3, -0.25) is 9.69 Å². The van der Waals surface area contributed by atoms with Gasteiger partial charge in [-0.15, -0.1) is 13.2 Å². The summed E-state index contributed by atoms with van der Waals surface area (Å²) < 4.78 is 0. The van der Waals surface area contributed by atoms with Gasteiger partial charge in [-0.25, -0.2) is 0 Å². The fourth-order valence-corrected chi connectivity index (χ4v) is 1.88. The van der Waals surface area contributed by atoms with E-state index in [-0.39, 0.29) is 5.91 Å². The molecule has 0 radical (unpaired) electrons. The van der Waals surface area contributed by atoms with E-state index in [0.29, 0.717) is 24.7 Å². The van der Waals surface area contributed by atoms with Crippen molar-refractivity contribution in [1.82, 2.24) is 4.90 Å². The van der Waals surface area contributed by atoms with Crippen LogP contribution in [0.15, 0.2) is 43.5 Å². The number of hydrogen-bond acceptors (Lipinski definition) is 2. The lowest BCUT2D eigenvalue weighted by molar-refractivity contribution is -0.117. The van der Waals surface area contributed by atoms with Gasteiger partial charge < -0.3 is 5.32 Å². The quantitative estimate of drug-likeness (QED) is 0.777. The second-order valence-electron chi connectivity index (χ2n) is 4.23. The van der Waals surface area contributed by atoms with E-state index in [1.54, 1.807) is 18.2 Å². The van der Waals surface area contributed by atoms with Gasteiger partial charge in [-0.1, -0.05) is 29.8 Å². The largest absolute Gasteiger partial charge is 0.325 e. The summed E-state index contributed by atoms with van der Waals surface area (Å²) in [5.41, 5.74) is 1.62. The number of carbonyl (C=O) groups is 1. The van der Waals surface area contributed by atoms with Gasteiger partial charge in [0.25, 0.3) is 0 Å². The van der Waals surface area contributed by atoms with Crippen LogP contribution in [0.2, 0.25) is 5.02 Å². The minimum atomic E-state index is -0.0749. The Balaban J connectivity index is 2.65. The molecule has 0 aromatic heterocycles. The van der Waals surface area contributed by atoms with Crippen molar-refractivity contribution in [2.75, 3.05) is 25.0 Å². The van der Waals surface area contributed by atoms with Crippen molar-refractivity contribution in [1.29, 1.82) is 0 Å². The van der Waals surface area contributed by atoms with E-state index in [2.05, 4.69) is 18.5 Å². The third-order valence-corrected chi connectivity index (χ3v) is 3.09. The van der Waals surface area contributed by atoms with Gasteiger partial charge in [0.1, 0.15) is 0 Å². The van der Waals surface area contributed by atoms with Crippen LogP contribution in [0.25, 0.3) is 0 Å². The number of amides is 1. The minimum Gasteiger partial charge on any atom is -0.325 e. The second-order valence-corrected chi connectivity index (χ2v) is 4.64. The van der Waals surface area contributed by atoms with E-state index < -0.39 is 0 Å². The number of carbonyl (C=O) groups excluding carboxylic acids is 1. The topological polar surface area (TPSA) is 32.3 Å². The van der Waals surface area contributed by atoms with Crippen LogP contribution in [-0.4, -0.2) is 30.4 Å². The second kappa shape index (κ2) is 7.77. The molecule has 19 heavy (non-hydrogen) atoms. The summed E-state index contributed by atoms with van der Waals surface area (Å²) in [6.45, 7) is 10.8. The van der Waals surface area contributed by atoms with Crippen LogP contribution in [0.1, 0.15) is 5.56 Å². The van der Waals surface area contributed by atoms with E-state index in [1.165, 1.54) is 0 Å². The zero-order valence-corrected chi connectivity index (χ0v) is 11.9. The number of hydrogen-bond donors (Lipinski definition) is 1. The number of nitrogens with zero attached hydrogens (tertiary/aromatic N) is 1. The Morgan fingerprint density at radius 1 is 1.37 bits per heavy atom. The molecule has 0 saturated carbocycles. The van der Waals surface area contributed by atoms with Crippen molar-refractivity contribution in [2.45, 2.75) is 6.92 Å². The highest BCUT2D eigenvalue weighted by Crippen LogP contribution is 2.22. The van der Waals surface area contributed by atoms with Crippen LogP contribution < -0.4 is 5.32 Å². The first-order valence-corrected chi connectivity index (χ1v) is 6.45. The van der Waals surface area contributed by atoms with E-state index in [1.807, 2.05) is 24.0 Å². The van der Waals surface area contributed by atoms with Crippen LogP contribution in [0, 0.1) is 6.92 Å². The molecule has 0 spiro atoms. The lowest BCUT2D eigenvalue weighted by Gasteiger charge is -2.18. The Labute approximate surface area is 119 Å². The standard InChI is InChI=1S/C15H19ClN2O/c1-4-9-18(10-5-2)11-15(19)17-14-8-6-7-13(16)12(14)3/h4-8H,1-2,9-11H2,3H3,(H,17,19). The number of rotatable bonds is 7. The molecule has 4 heteroatoms. The first kappa shape index (κ1) is 15.5. The van der Waals surface area contributed by atoms with Gasteiger partial charge in [0, 0.05) is 23.8 Å². The Morgan fingerprint density at radius 3 is 2.58 bits per heavy atom. The Kier molecular flexibility index (Phi) is 6.33. The molecule has 102 valence electrons. The lowest BCUT2D eigenvalue weighted by atomic mass is 10.2. The molecule has 1 aromatic rings. The normalized spacial score (nSPS) is 10.3. The molecule has 0 aliphatic rings. The fraction of sp³-hybridized carbons (Fsp3) is 0.267. The van der Waals surface area contributed by atoms with Crippen LogP contribution >= 0.6 is 11.6 Å². The number of nitrogens with one attached hydrogen (secondary N) is 1. The number of halogens is 1. The number of anilines is 1. The Hall–Kier alpha value is -1.58. The smallest absolute Gasteiger partial charge is 0.238 e. The molecule has 0 atom stereocenters. The zero-order chi connectivity index (χ0) is 14.3. The molecule has 3 nitrogen and oxygen atoms in total. The SMILES string of the molecule is C=CCN(CC=C)CC(=O)Nc1cccc(Cl)c1C. The van der Waals surface area contributed by atoms with Crippen molar-refractivity contribution >= 4 is 23.2 Å². The molecule has 1 N–H and O–H groups in total. The van der Waals surface area contributed by atoms with Crippen molar-refractivity contribution in [3.8, 4) is 0 Å². The highest BCUT2D eigenvalue weighted by molar-refractivity contribution is 6.31. The summed E-state index contributed by atoms with van der Waals surface area (Å²) >= 11 is 6.01. The highest BCUT2D eigenvalue weighted by Gasteiger charge is 2.10. The van der Waals surface area contributed by atoms with Crippen LogP contribution in [0.3, 0.4) is 0 Å². The molecule has 1 aromatic carbocycles. The summed E-state index contributed by atoms with van der Waals surface area (Å²) in [6, 6.07) is 5.45. The van der Waals surface area contributed by atoms with E-state index in [0.717, 1.165) is 11.3 Å². The van der Waals surface area contributed by atoms with Crippen molar-refractivity contribution in [3.63, 3.8) is 0 Å². The fourth-order valence-electron chi connectivity index (χ4n) is 1.70. The van der Waals surface area contributed by atoms with E-state index in [4.69, 9.17) is 11.6 Å². The average Bonchev–Trinajstić information content (AvgIpc) is 2.35. The molecule has 1 amide bonds. The maximum atomic E-state index is 12.0. The molecule has 0 heterocycles. The Morgan fingerprint density at radius 2 is 2.00 bits per heavy atom. The highest BCUT2D eigenvalue weighted by atomic mass is 35.5. The van der Waals surface area contributed by atoms with Crippen LogP contribution in [0.4, 0.5) is 5.69 Å². The number of benzene rings is 1. The average molecular weight is 279 g/mol. The molecule has 1 rings (SSSR count). The predicted molar refractivity (Wildman–Crippen MR) is 81.7 cm³/mol. The summed E-state index contributed by atoms with van der Waals surface area (Å²) in [6.07, 6.45) is 3.53. The molecule has 0 unspecified atom stereocenters. The monoisotopic (exact) mass is 278 g/mol. The maximum Gasteiger partial charge on any atom is 0.238 e. The molecule has 0 fully saturated rings. The van der Waals surface area contributed by atoms with Crippen LogP contribution in [-0.2, 0) is 4.79 Å². The first-order valence-electron chi connectivity index (χ1n) is 6.07. The first-order chi connectivity index (χ1) is 9.08. The van der Waals surface area contributed by atoms with E-state index in [9.17, 15) is 4.79 Å². The molecule has 0 bridgehead atoms. The van der Waals surface area contributed by atoms with E-state index >= 15 is 0 Å². The molecule has 0 saturated heterocycles. The van der Waals surface area contributed by atoms with Gasteiger partial charge in [0.15, 0.2) is 0 Å². The minimum absolute atomic E-state index is 0.0749. The van der Waals surface area contributed by atoms with Crippen molar-refractivity contribution < 1.29 is 4.79 Å². The molecule has 0 aliphatic carbocycles. The summed E-state index contributed by atoms with van der Waals surface area (Å²) in [7, 11) is 0. The van der Waals surface area contributed by atoms with Crippen molar-refractivity contribution in [2.24, 2.45) is 0 Å². The van der Waals surface area contributed by atoms with Gasteiger partial charge >= 0.3 is 0 Å². The molecular formula is C15H19ClN2O. The zero-order valence-electron chi connectivity index (χ0n) is 11.2. The van der Waals surface area contributed by atoms with Crippen LogP contribution in [0.5, 0.6) is 0 Å². The summed E-state index contributed by atoms with van der Waals surface area (Å²) in [5.74, 6) is -0.0749. The maximum absolute atomic E-state index is 12.0. The van der Waals surface area contributed by atoms with Gasteiger partial charge in [-0.05, 0) is 24.6 Å². The third-order valence-electron chi connectivity index (χ3n) is 2.68. The van der Waals surface area contributed by atoms with Crippen molar-refractivity contribution in [3.05, 3.63) is 54.1 Å². The van der Waals surface area contributed by atoms with Gasteiger partial charge in [0.05, 0.1) is 6.54 Å².